The average molecular weight is 347 g/mol. The van der Waals surface area contributed by atoms with E-state index in [4.69, 9.17) is 9.16 Å². The normalized spacial score (nSPS) is 21.0. The topological polar surface area (TPSA) is 18.5 Å². The summed E-state index contributed by atoms with van der Waals surface area (Å²) in [5.74, 6) is 2.13. The second kappa shape index (κ2) is 5.94. The number of hydrogen-bond donors (Lipinski definition) is 0. The van der Waals surface area contributed by atoms with E-state index >= 15 is 0 Å². The first-order chi connectivity index (χ1) is 10.8. The zero-order valence-electron chi connectivity index (χ0n) is 17.0. The van der Waals surface area contributed by atoms with Crippen LogP contribution in [0.1, 0.15) is 56.4 Å². The lowest BCUT2D eigenvalue weighted by Crippen LogP contribution is -2.44. The Morgan fingerprint density at radius 3 is 2.21 bits per heavy atom. The third kappa shape index (κ3) is 3.15. The SMILES string of the molecule is C=C[C@]1(C)CCc2c(C)c(O[Si](C)(C)C(C)(C)C)c(C)c(C)c2O1. The number of fused-ring (bicyclic) bond motifs is 1. The summed E-state index contributed by atoms with van der Waals surface area (Å²) in [6.45, 7) is 24.1. The molecule has 3 heteroatoms. The van der Waals surface area contributed by atoms with E-state index in [2.05, 4.69) is 68.1 Å². The highest BCUT2D eigenvalue weighted by Gasteiger charge is 2.40. The standard InChI is InChI=1S/C21H34O2Si/c1-11-21(8)13-12-17-16(4)18(14(2)15(3)19(17)22-21)23-24(9,10)20(5,6)7/h11H,1,12-13H2,2-10H3/t21-/m1/s1. The minimum Gasteiger partial charge on any atom is -0.543 e. The minimum absolute atomic E-state index is 0.188. The highest BCUT2D eigenvalue weighted by atomic mass is 28.4. The highest BCUT2D eigenvalue weighted by Crippen LogP contribution is 2.46. The molecule has 0 aromatic heterocycles. The molecule has 1 aromatic rings. The first-order valence-electron chi connectivity index (χ1n) is 8.97. The predicted molar refractivity (Wildman–Crippen MR) is 106 cm³/mol. The molecule has 1 heterocycles. The number of hydrogen-bond acceptors (Lipinski definition) is 2. The first kappa shape index (κ1) is 19.1. The van der Waals surface area contributed by atoms with Gasteiger partial charge in [0.1, 0.15) is 17.1 Å². The maximum absolute atomic E-state index is 6.72. The van der Waals surface area contributed by atoms with E-state index < -0.39 is 8.32 Å². The molecule has 2 nitrogen and oxygen atoms in total. The summed E-state index contributed by atoms with van der Waals surface area (Å²) in [6, 6.07) is 0. The second-order valence-electron chi connectivity index (χ2n) is 8.99. The van der Waals surface area contributed by atoms with E-state index in [1.165, 1.54) is 22.3 Å². The molecule has 0 radical (unpaired) electrons. The van der Waals surface area contributed by atoms with Gasteiger partial charge in [-0.25, -0.2) is 0 Å². The molecular weight excluding hydrogens is 312 g/mol. The molecule has 0 saturated carbocycles. The van der Waals surface area contributed by atoms with Crippen molar-refractivity contribution >= 4 is 8.32 Å². The molecule has 24 heavy (non-hydrogen) atoms. The summed E-state index contributed by atoms with van der Waals surface area (Å²) in [4.78, 5) is 0. The van der Waals surface area contributed by atoms with Gasteiger partial charge in [-0.1, -0.05) is 27.4 Å². The second-order valence-corrected chi connectivity index (χ2v) is 13.7. The van der Waals surface area contributed by atoms with Gasteiger partial charge in [-0.3, -0.25) is 0 Å². The zero-order chi connectivity index (χ0) is 18.5. The van der Waals surface area contributed by atoms with Gasteiger partial charge in [-0.05, 0) is 81.4 Å². The fourth-order valence-electron chi connectivity index (χ4n) is 2.96. The third-order valence-corrected chi connectivity index (χ3v) is 10.4. The number of benzene rings is 1. The summed E-state index contributed by atoms with van der Waals surface area (Å²) in [5, 5.41) is 0.188. The third-order valence-electron chi connectivity index (χ3n) is 6.11. The Labute approximate surface area is 149 Å². The van der Waals surface area contributed by atoms with Crippen molar-refractivity contribution in [2.24, 2.45) is 0 Å². The van der Waals surface area contributed by atoms with E-state index in [0.29, 0.717) is 0 Å². The van der Waals surface area contributed by atoms with Gasteiger partial charge in [-0.15, -0.1) is 0 Å². The molecule has 1 aromatic carbocycles. The van der Waals surface area contributed by atoms with Gasteiger partial charge in [-0.2, -0.15) is 0 Å². The monoisotopic (exact) mass is 346 g/mol. The zero-order valence-corrected chi connectivity index (χ0v) is 18.0. The summed E-state index contributed by atoms with van der Waals surface area (Å²) in [5.41, 5.74) is 4.72. The maximum atomic E-state index is 6.72. The van der Waals surface area contributed by atoms with E-state index in [9.17, 15) is 0 Å². The van der Waals surface area contributed by atoms with Crippen molar-refractivity contribution in [2.45, 2.75) is 85.0 Å². The Morgan fingerprint density at radius 1 is 1.12 bits per heavy atom. The van der Waals surface area contributed by atoms with Gasteiger partial charge in [0.15, 0.2) is 0 Å². The summed E-state index contributed by atoms with van der Waals surface area (Å²) in [7, 11) is -1.87. The molecule has 0 unspecified atom stereocenters. The van der Waals surface area contributed by atoms with Crippen LogP contribution in [0.2, 0.25) is 18.1 Å². The Bertz CT molecular complexity index is 668. The van der Waals surface area contributed by atoms with Gasteiger partial charge >= 0.3 is 0 Å². The van der Waals surface area contributed by atoms with Crippen molar-refractivity contribution in [3.8, 4) is 11.5 Å². The number of rotatable bonds is 3. The van der Waals surface area contributed by atoms with Gasteiger partial charge in [0.25, 0.3) is 8.32 Å². The molecule has 0 aliphatic carbocycles. The minimum atomic E-state index is -1.87. The molecule has 0 N–H and O–H groups in total. The maximum Gasteiger partial charge on any atom is 0.250 e. The Balaban J connectivity index is 2.55. The lowest BCUT2D eigenvalue weighted by molar-refractivity contribution is 0.113. The molecule has 1 aliphatic rings. The van der Waals surface area contributed by atoms with Crippen LogP contribution in [0.15, 0.2) is 12.7 Å². The quantitative estimate of drug-likeness (QED) is 0.474. The van der Waals surface area contributed by atoms with Gasteiger partial charge in [0, 0.05) is 5.56 Å². The highest BCUT2D eigenvalue weighted by molar-refractivity contribution is 6.74. The van der Waals surface area contributed by atoms with Crippen LogP contribution in [0.25, 0.3) is 0 Å². The van der Waals surface area contributed by atoms with Crippen molar-refractivity contribution < 1.29 is 9.16 Å². The van der Waals surface area contributed by atoms with Crippen molar-refractivity contribution in [1.29, 1.82) is 0 Å². The molecule has 0 saturated heterocycles. The van der Waals surface area contributed by atoms with Crippen molar-refractivity contribution in [3.63, 3.8) is 0 Å². The lowest BCUT2D eigenvalue weighted by atomic mass is 9.87. The van der Waals surface area contributed by atoms with E-state index in [1.807, 2.05) is 6.08 Å². The van der Waals surface area contributed by atoms with Gasteiger partial charge in [0.2, 0.25) is 0 Å². The Morgan fingerprint density at radius 2 is 1.71 bits per heavy atom. The predicted octanol–water partition coefficient (Wildman–Crippen LogP) is 6.27. The van der Waals surface area contributed by atoms with Crippen LogP contribution < -0.4 is 9.16 Å². The van der Waals surface area contributed by atoms with E-state index in [0.717, 1.165) is 24.3 Å². The summed E-state index contributed by atoms with van der Waals surface area (Å²) < 4.78 is 13.1. The van der Waals surface area contributed by atoms with Crippen molar-refractivity contribution in [3.05, 3.63) is 34.9 Å². The van der Waals surface area contributed by atoms with Gasteiger partial charge < -0.3 is 9.16 Å². The molecule has 1 aliphatic heterocycles. The molecule has 0 amide bonds. The van der Waals surface area contributed by atoms with Crippen LogP contribution in [0.5, 0.6) is 11.5 Å². The molecule has 2 rings (SSSR count). The lowest BCUT2D eigenvalue weighted by Gasteiger charge is -2.40. The Kier molecular flexibility index (Phi) is 4.73. The molecular formula is C21H34O2Si. The average Bonchev–Trinajstić information content (AvgIpc) is 2.48. The van der Waals surface area contributed by atoms with Gasteiger partial charge in [0.05, 0.1) is 0 Å². The number of ether oxygens (including phenoxy) is 1. The summed E-state index contributed by atoms with van der Waals surface area (Å²) >= 11 is 0. The van der Waals surface area contributed by atoms with E-state index in [-0.39, 0.29) is 10.6 Å². The van der Waals surface area contributed by atoms with E-state index in [1.54, 1.807) is 0 Å². The smallest absolute Gasteiger partial charge is 0.250 e. The van der Waals surface area contributed by atoms with Crippen LogP contribution in [0.3, 0.4) is 0 Å². The fourth-order valence-corrected chi connectivity index (χ4v) is 4.08. The molecule has 0 spiro atoms. The molecule has 134 valence electrons. The molecule has 0 bridgehead atoms. The Hall–Kier alpha value is -1.22. The molecule has 0 fully saturated rings. The fraction of sp³-hybridized carbons (Fsp3) is 0.619. The first-order valence-corrected chi connectivity index (χ1v) is 11.9. The van der Waals surface area contributed by atoms with Crippen molar-refractivity contribution in [1.82, 2.24) is 0 Å². The van der Waals surface area contributed by atoms with Crippen LogP contribution >= 0.6 is 0 Å². The summed E-state index contributed by atoms with van der Waals surface area (Å²) in [6.07, 6.45) is 3.91. The van der Waals surface area contributed by atoms with Crippen molar-refractivity contribution in [2.75, 3.05) is 0 Å². The van der Waals surface area contributed by atoms with Crippen LogP contribution in [-0.4, -0.2) is 13.9 Å². The van der Waals surface area contributed by atoms with Crippen LogP contribution in [-0.2, 0) is 6.42 Å². The van der Waals surface area contributed by atoms with Crippen LogP contribution in [0, 0.1) is 20.8 Å². The molecule has 1 atom stereocenters. The largest absolute Gasteiger partial charge is 0.543 e. The van der Waals surface area contributed by atoms with Crippen LogP contribution in [0.4, 0.5) is 0 Å².